The largest absolute Gasteiger partial charge is 0.303 e. The lowest BCUT2D eigenvalue weighted by atomic mass is 9.79. The molecular formula is C10H21N. The molecule has 0 amide bonds. The highest BCUT2D eigenvalue weighted by Crippen LogP contribution is 2.31. The lowest BCUT2D eigenvalue weighted by molar-refractivity contribution is 0.0844. The molecule has 0 aromatic carbocycles. The zero-order valence-corrected chi connectivity index (χ0v) is 8.35. The second kappa shape index (κ2) is 3.14. The van der Waals surface area contributed by atoms with E-state index < -0.39 is 0 Å². The van der Waals surface area contributed by atoms with Crippen LogP contribution in [-0.4, -0.2) is 24.5 Å². The van der Waals surface area contributed by atoms with Gasteiger partial charge in [-0.3, -0.25) is 0 Å². The molecule has 0 bridgehead atoms. The first-order valence-electron chi connectivity index (χ1n) is 4.76. The van der Waals surface area contributed by atoms with Gasteiger partial charge < -0.3 is 4.90 Å². The molecule has 0 N–H and O–H groups in total. The molecule has 1 heteroatoms. The summed E-state index contributed by atoms with van der Waals surface area (Å²) in [5.41, 5.74) is 0.549. The smallest absolute Gasteiger partial charge is 0.00328 e. The first kappa shape index (κ1) is 9.05. The van der Waals surface area contributed by atoms with E-state index in [1.54, 1.807) is 0 Å². The van der Waals surface area contributed by atoms with Crippen LogP contribution in [0.5, 0.6) is 0 Å². The molecule has 1 saturated heterocycles. The average molecular weight is 155 g/mol. The Bertz CT molecular complexity index is 129. The summed E-state index contributed by atoms with van der Waals surface area (Å²) in [5, 5.41) is 0. The predicted octanol–water partition coefficient (Wildman–Crippen LogP) is 2.37. The Labute approximate surface area is 70.8 Å². The SMILES string of the molecule is CCN1CC(C)CC(C)(C)C1. The van der Waals surface area contributed by atoms with Gasteiger partial charge in [-0.1, -0.05) is 27.7 Å². The van der Waals surface area contributed by atoms with E-state index in [0.29, 0.717) is 5.41 Å². The Kier molecular flexibility index (Phi) is 2.58. The van der Waals surface area contributed by atoms with E-state index in [1.165, 1.54) is 26.1 Å². The van der Waals surface area contributed by atoms with E-state index in [2.05, 4.69) is 32.6 Å². The summed E-state index contributed by atoms with van der Waals surface area (Å²) in [4.78, 5) is 2.56. The summed E-state index contributed by atoms with van der Waals surface area (Å²) in [7, 11) is 0. The third kappa shape index (κ3) is 2.48. The van der Waals surface area contributed by atoms with E-state index in [9.17, 15) is 0 Å². The van der Waals surface area contributed by atoms with Gasteiger partial charge in [0.15, 0.2) is 0 Å². The van der Waals surface area contributed by atoms with Crippen LogP contribution in [0, 0.1) is 11.3 Å². The van der Waals surface area contributed by atoms with Crippen molar-refractivity contribution in [2.24, 2.45) is 11.3 Å². The number of hydrogen-bond acceptors (Lipinski definition) is 1. The first-order valence-corrected chi connectivity index (χ1v) is 4.76. The van der Waals surface area contributed by atoms with Gasteiger partial charge in [-0.05, 0) is 24.3 Å². The second-order valence-corrected chi connectivity index (χ2v) is 4.80. The number of piperidine rings is 1. The second-order valence-electron chi connectivity index (χ2n) is 4.80. The molecule has 0 radical (unpaired) electrons. The summed E-state index contributed by atoms with van der Waals surface area (Å²) in [5.74, 6) is 0.888. The lowest BCUT2D eigenvalue weighted by Crippen LogP contribution is -2.43. The van der Waals surface area contributed by atoms with Crippen molar-refractivity contribution in [1.82, 2.24) is 4.90 Å². The van der Waals surface area contributed by atoms with Crippen LogP contribution >= 0.6 is 0 Å². The van der Waals surface area contributed by atoms with E-state index in [-0.39, 0.29) is 0 Å². The van der Waals surface area contributed by atoms with Crippen molar-refractivity contribution >= 4 is 0 Å². The predicted molar refractivity (Wildman–Crippen MR) is 49.7 cm³/mol. The van der Waals surface area contributed by atoms with Crippen molar-refractivity contribution < 1.29 is 0 Å². The van der Waals surface area contributed by atoms with E-state index >= 15 is 0 Å². The number of nitrogens with zero attached hydrogens (tertiary/aromatic N) is 1. The molecule has 11 heavy (non-hydrogen) atoms. The number of hydrogen-bond donors (Lipinski definition) is 0. The molecule has 0 spiro atoms. The van der Waals surface area contributed by atoms with Gasteiger partial charge in [0.25, 0.3) is 0 Å². The van der Waals surface area contributed by atoms with Crippen LogP contribution < -0.4 is 0 Å². The first-order chi connectivity index (χ1) is 5.03. The lowest BCUT2D eigenvalue weighted by Gasteiger charge is -2.41. The third-order valence-corrected chi connectivity index (χ3v) is 2.57. The summed E-state index contributed by atoms with van der Waals surface area (Å²) >= 11 is 0. The van der Waals surface area contributed by atoms with Gasteiger partial charge in [0.05, 0.1) is 0 Å². The minimum Gasteiger partial charge on any atom is -0.303 e. The number of rotatable bonds is 1. The van der Waals surface area contributed by atoms with Gasteiger partial charge >= 0.3 is 0 Å². The van der Waals surface area contributed by atoms with Gasteiger partial charge in [0, 0.05) is 13.1 Å². The Hall–Kier alpha value is -0.0400. The monoisotopic (exact) mass is 155 g/mol. The van der Waals surface area contributed by atoms with Crippen molar-refractivity contribution in [3.63, 3.8) is 0 Å². The van der Waals surface area contributed by atoms with Gasteiger partial charge in [-0.2, -0.15) is 0 Å². The van der Waals surface area contributed by atoms with Crippen LogP contribution in [0.25, 0.3) is 0 Å². The van der Waals surface area contributed by atoms with Gasteiger partial charge in [0.2, 0.25) is 0 Å². The molecule has 0 saturated carbocycles. The maximum Gasteiger partial charge on any atom is 0.00328 e. The molecule has 1 nitrogen and oxygen atoms in total. The van der Waals surface area contributed by atoms with E-state index in [0.717, 1.165) is 5.92 Å². The third-order valence-electron chi connectivity index (χ3n) is 2.57. The molecular weight excluding hydrogens is 134 g/mol. The molecule has 1 aliphatic rings. The fourth-order valence-corrected chi connectivity index (χ4v) is 2.42. The molecule has 1 unspecified atom stereocenters. The Morgan fingerprint density at radius 2 is 2.09 bits per heavy atom. The average Bonchev–Trinajstić information content (AvgIpc) is 1.83. The van der Waals surface area contributed by atoms with Gasteiger partial charge in [0.1, 0.15) is 0 Å². The molecule has 1 fully saturated rings. The maximum absolute atomic E-state index is 2.56. The van der Waals surface area contributed by atoms with Gasteiger partial charge in [-0.15, -0.1) is 0 Å². The molecule has 1 aliphatic heterocycles. The van der Waals surface area contributed by atoms with Crippen molar-refractivity contribution in [2.75, 3.05) is 19.6 Å². The molecule has 1 rings (SSSR count). The quantitative estimate of drug-likeness (QED) is 0.562. The van der Waals surface area contributed by atoms with Crippen LogP contribution in [0.4, 0.5) is 0 Å². The van der Waals surface area contributed by atoms with Crippen molar-refractivity contribution in [3.05, 3.63) is 0 Å². The molecule has 0 aromatic heterocycles. The van der Waals surface area contributed by atoms with Crippen LogP contribution in [0.3, 0.4) is 0 Å². The zero-order valence-electron chi connectivity index (χ0n) is 8.35. The van der Waals surface area contributed by atoms with Crippen LogP contribution in [-0.2, 0) is 0 Å². The summed E-state index contributed by atoms with van der Waals surface area (Å²) in [6.07, 6.45) is 1.39. The van der Waals surface area contributed by atoms with Crippen LogP contribution in [0.15, 0.2) is 0 Å². The van der Waals surface area contributed by atoms with E-state index in [1.807, 2.05) is 0 Å². The van der Waals surface area contributed by atoms with Crippen molar-refractivity contribution in [3.8, 4) is 0 Å². The molecule has 0 aromatic rings. The topological polar surface area (TPSA) is 3.24 Å². The maximum atomic E-state index is 2.56. The van der Waals surface area contributed by atoms with Crippen molar-refractivity contribution in [1.29, 1.82) is 0 Å². The Morgan fingerprint density at radius 3 is 2.55 bits per heavy atom. The standard InChI is InChI=1S/C10H21N/c1-5-11-7-9(2)6-10(3,4)8-11/h9H,5-8H2,1-4H3. The molecule has 1 atom stereocenters. The molecule has 66 valence electrons. The van der Waals surface area contributed by atoms with E-state index in [4.69, 9.17) is 0 Å². The highest BCUT2D eigenvalue weighted by Gasteiger charge is 2.29. The molecule has 0 aliphatic carbocycles. The summed E-state index contributed by atoms with van der Waals surface area (Å²) in [6, 6.07) is 0. The fraction of sp³-hybridized carbons (Fsp3) is 1.00. The highest BCUT2D eigenvalue weighted by molar-refractivity contribution is 4.82. The van der Waals surface area contributed by atoms with Gasteiger partial charge in [-0.25, -0.2) is 0 Å². The Balaban J connectivity index is 2.51. The summed E-state index contributed by atoms with van der Waals surface area (Å²) in [6.45, 7) is 13.2. The van der Waals surface area contributed by atoms with Crippen LogP contribution in [0.1, 0.15) is 34.1 Å². The minimum absolute atomic E-state index is 0.549. The summed E-state index contributed by atoms with van der Waals surface area (Å²) < 4.78 is 0. The fourth-order valence-electron chi connectivity index (χ4n) is 2.42. The number of likely N-dealkylation sites (tertiary alicyclic amines) is 1. The minimum atomic E-state index is 0.549. The van der Waals surface area contributed by atoms with Crippen LogP contribution in [0.2, 0.25) is 0 Å². The Morgan fingerprint density at radius 1 is 1.45 bits per heavy atom. The van der Waals surface area contributed by atoms with Crippen molar-refractivity contribution in [2.45, 2.75) is 34.1 Å². The molecule has 1 heterocycles. The highest BCUT2D eigenvalue weighted by atomic mass is 15.1. The normalized spacial score (nSPS) is 32.2. The zero-order chi connectivity index (χ0) is 8.48.